The van der Waals surface area contributed by atoms with Crippen LogP contribution in [0.3, 0.4) is 0 Å². The first-order chi connectivity index (χ1) is 7.96. The van der Waals surface area contributed by atoms with Crippen molar-refractivity contribution in [3.05, 3.63) is 35.9 Å². The molecule has 1 unspecified atom stereocenters. The lowest BCUT2D eigenvalue weighted by Crippen LogP contribution is -2.45. The van der Waals surface area contributed by atoms with Crippen LogP contribution in [0.1, 0.15) is 38.7 Å². The largest absolute Gasteiger partial charge is 0.351 e. The molecule has 0 aliphatic rings. The highest BCUT2D eigenvalue weighted by Crippen LogP contribution is 2.17. The smallest absolute Gasteiger partial charge is 0.227 e. The quantitative estimate of drug-likeness (QED) is 0.829. The normalized spacial score (nSPS) is 13.2. The van der Waals surface area contributed by atoms with Gasteiger partial charge in [-0.1, -0.05) is 46.3 Å². The molecule has 1 amide bonds. The Bertz CT molecular complexity index is 362. The molecule has 0 aliphatic carbocycles. The Balaban J connectivity index is 2.65. The van der Waals surface area contributed by atoms with E-state index in [1.165, 1.54) is 0 Å². The summed E-state index contributed by atoms with van der Waals surface area (Å²) < 4.78 is 0. The van der Waals surface area contributed by atoms with Gasteiger partial charge in [-0.2, -0.15) is 0 Å². The van der Waals surface area contributed by atoms with E-state index in [4.69, 9.17) is 0 Å². The van der Waals surface area contributed by atoms with Gasteiger partial charge < -0.3 is 5.32 Å². The van der Waals surface area contributed by atoms with Crippen LogP contribution in [0.2, 0.25) is 0 Å². The van der Waals surface area contributed by atoms with Crippen molar-refractivity contribution in [2.45, 2.75) is 38.6 Å². The van der Waals surface area contributed by atoms with Gasteiger partial charge in [0.15, 0.2) is 0 Å². The standard InChI is InChI=1S/C14H20BrNO/c1-11(12-7-5-4-6-8-12)13(17)16-14(2,3)9-10-15/h4-8,11H,9-10H2,1-3H3,(H,16,17). The highest BCUT2D eigenvalue weighted by Gasteiger charge is 2.23. The van der Waals surface area contributed by atoms with E-state index in [0.29, 0.717) is 0 Å². The van der Waals surface area contributed by atoms with Crippen LogP contribution in [0.4, 0.5) is 0 Å². The molecule has 1 aromatic rings. The van der Waals surface area contributed by atoms with E-state index in [1.807, 2.05) is 51.1 Å². The van der Waals surface area contributed by atoms with Crippen molar-refractivity contribution in [1.82, 2.24) is 5.32 Å². The van der Waals surface area contributed by atoms with Crippen molar-refractivity contribution in [3.63, 3.8) is 0 Å². The predicted molar refractivity (Wildman–Crippen MR) is 75.5 cm³/mol. The Morgan fingerprint density at radius 3 is 2.47 bits per heavy atom. The molecule has 3 heteroatoms. The highest BCUT2D eigenvalue weighted by molar-refractivity contribution is 9.09. The first-order valence-corrected chi connectivity index (χ1v) is 7.01. The third kappa shape index (κ3) is 4.50. The number of halogens is 1. The molecule has 0 heterocycles. The Labute approximate surface area is 112 Å². The van der Waals surface area contributed by atoms with E-state index < -0.39 is 0 Å². The van der Waals surface area contributed by atoms with Crippen LogP contribution in [0.15, 0.2) is 30.3 Å². The molecule has 94 valence electrons. The maximum atomic E-state index is 12.1. The molecule has 0 spiro atoms. The highest BCUT2D eigenvalue weighted by atomic mass is 79.9. The van der Waals surface area contributed by atoms with Crippen molar-refractivity contribution in [2.24, 2.45) is 0 Å². The van der Waals surface area contributed by atoms with Crippen LogP contribution in [-0.4, -0.2) is 16.8 Å². The molecule has 0 aromatic heterocycles. The summed E-state index contributed by atoms with van der Waals surface area (Å²) in [6.45, 7) is 6.03. The van der Waals surface area contributed by atoms with Crippen LogP contribution in [0.5, 0.6) is 0 Å². The number of amides is 1. The van der Waals surface area contributed by atoms with Crippen LogP contribution >= 0.6 is 15.9 Å². The molecule has 1 atom stereocenters. The average molecular weight is 298 g/mol. The fourth-order valence-electron chi connectivity index (χ4n) is 1.63. The number of alkyl halides is 1. The molecule has 1 aromatic carbocycles. The summed E-state index contributed by atoms with van der Waals surface area (Å²) in [7, 11) is 0. The van der Waals surface area contributed by atoms with E-state index in [-0.39, 0.29) is 17.4 Å². The average Bonchev–Trinajstić information content (AvgIpc) is 2.28. The number of nitrogens with one attached hydrogen (secondary N) is 1. The molecular formula is C14H20BrNO. The number of hydrogen-bond acceptors (Lipinski definition) is 1. The molecule has 0 aliphatic heterocycles. The summed E-state index contributed by atoms with van der Waals surface area (Å²) in [5, 5.41) is 3.98. The molecular weight excluding hydrogens is 278 g/mol. The van der Waals surface area contributed by atoms with Gasteiger partial charge in [-0.05, 0) is 32.8 Å². The van der Waals surface area contributed by atoms with Gasteiger partial charge >= 0.3 is 0 Å². The van der Waals surface area contributed by atoms with Gasteiger partial charge in [0, 0.05) is 10.9 Å². The second-order valence-corrected chi connectivity index (χ2v) is 5.74. The van der Waals surface area contributed by atoms with Crippen molar-refractivity contribution in [1.29, 1.82) is 0 Å². The van der Waals surface area contributed by atoms with E-state index in [2.05, 4.69) is 21.2 Å². The van der Waals surface area contributed by atoms with Crippen molar-refractivity contribution in [2.75, 3.05) is 5.33 Å². The van der Waals surface area contributed by atoms with Gasteiger partial charge in [-0.15, -0.1) is 0 Å². The van der Waals surface area contributed by atoms with Crippen molar-refractivity contribution < 1.29 is 4.79 Å². The van der Waals surface area contributed by atoms with Gasteiger partial charge in [0.2, 0.25) is 5.91 Å². The fourth-order valence-corrected chi connectivity index (χ4v) is 2.62. The Hall–Kier alpha value is -0.830. The van der Waals surface area contributed by atoms with E-state index >= 15 is 0 Å². The van der Waals surface area contributed by atoms with Crippen LogP contribution in [0, 0.1) is 0 Å². The predicted octanol–water partition coefficient (Wildman–Crippen LogP) is 3.47. The summed E-state index contributed by atoms with van der Waals surface area (Å²) in [5.41, 5.74) is 0.892. The van der Waals surface area contributed by atoms with Gasteiger partial charge in [-0.3, -0.25) is 4.79 Å². The number of carbonyl (C=O) groups is 1. The topological polar surface area (TPSA) is 29.1 Å². The van der Waals surface area contributed by atoms with Crippen LogP contribution in [0.25, 0.3) is 0 Å². The summed E-state index contributed by atoms with van der Waals surface area (Å²) in [6.07, 6.45) is 0.917. The first kappa shape index (κ1) is 14.2. The molecule has 0 radical (unpaired) electrons. The molecule has 0 bridgehead atoms. The summed E-state index contributed by atoms with van der Waals surface area (Å²) in [5.74, 6) is -0.0204. The first-order valence-electron chi connectivity index (χ1n) is 5.89. The minimum Gasteiger partial charge on any atom is -0.351 e. The molecule has 1 N–H and O–H groups in total. The summed E-state index contributed by atoms with van der Waals surface area (Å²) in [4.78, 5) is 12.1. The van der Waals surface area contributed by atoms with Crippen molar-refractivity contribution in [3.8, 4) is 0 Å². The third-order valence-electron chi connectivity index (χ3n) is 2.87. The number of benzene rings is 1. The fraction of sp³-hybridized carbons (Fsp3) is 0.500. The number of hydrogen-bond donors (Lipinski definition) is 1. The maximum absolute atomic E-state index is 12.1. The van der Waals surface area contributed by atoms with E-state index in [1.54, 1.807) is 0 Å². The zero-order valence-electron chi connectivity index (χ0n) is 10.7. The summed E-state index contributed by atoms with van der Waals surface area (Å²) >= 11 is 3.41. The second-order valence-electron chi connectivity index (χ2n) is 4.94. The van der Waals surface area contributed by atoms with Gasteiger partial charge in [0.25, 0.3) is 0 Å². The molecule has 2 nitrogen and oxygen atoms in total. The molecule has 1 rings (SSSR count). The Kier molecular flexibility index (Phi) is 5.19. The van der Waals surface area contributed by atoms with Gasteiger partial charge in [0.05, 0.1) is 5.92 Å². The molecule has 17 heavy (non-hydrogen) atoms. The lowest BCUT2D eigenvalue weighted by atomic mass is 9.96. The third-order valence-corrected chi connectivity index (χ3v) is 3.27. The van der Waals surface area contributed by atoms with Crippen LogP contribution < -0.4 is 5.32 Å². The number of carbonyl (C=O) groups excluding carboxylic acids is 1. The Morgan fingerprint density at radius 2 is 1.94 bits per heavy atom. The van der Waals surface area contributed by atoms with E-state index in [9.17, 15) is 4.79 Å². The lowest BCUT2D eigenvalue weighted by Gasteiger charge is -2.27. The Morgan fingerprint density at radius 1 is 1.35 bits per heavy atom. The summed E-state index contributed by atoms with van der Waals surface area (Å²) in [6, 6.07) is 9.86. The monoisotopic (exact) mass is 297 g/mol. The number of rotatable bonds is 5. The minimum absolute atomic E-state index is 0.0853. The lowest BCUT2D eigenvalue weighted by molar-refractivity contribution is -0.123. The maximum Gasteiger partial charge on any atom is 0.227 e. The molecule has 0 saturated carbocycles. The molecule has 0 fully saturated rings. The molecule has 0 saturated heterocycles. The van der Waals surface area contributed by atoms with Gasteiger partial charge in [0.1, 0.15) is 0 Å². The van der Waals surface area contributed by atoms with Gasteiger partial charge in [-0.25, -0.2) is 0 Å². The van der Waals surface area contributed by atoms with Crippen molar-refractivity contribution >= 4 is 21.8 Å². The van der Waals surface area contributed by atoms with Crippen LogP contribution in [-0.2, 0) is 4.79 Å². The minimum atomic E-state index is -0.163. The van der Waals surface area contributed by atoms with E-state index in [0.717, 1.165) is 17.3 Å². The SMILES string of the molecule is CC(C(=O)NC(C)(C)CCBr)c1ccccc1. The zero-order chi connectivity index (χ0) is 12.9. The zero-order valence-corrected chi connectivity index (χ0v) is 12.3. The second kappa shape index (κ2) is 6.20.